The number of anilines is 1. The summed E-state index contributed by atoms with van der Waals surface area (Å²) in [4.78, 5) is 22.6. The molecule has 1 amide bonds. The summed E-state index contributed by atoms with van der Waals surface area (Å²) >= 11 is 12.0. The molecule has 2 rings (SSSR count). The Morgan fingerprint density at radius 1 is 1.17 bits per heavy atom. The number of carbonyl (C=O) groups excluding carboxylic acids is 1. The first-order valence-electron chi connectivity index (χ1n) is 7.84. The minimum Gasteiger partial charge on any atom is -0.357 e. The van der Waals surface area contributed by atoms with Crippen LogP contribution >= 0.6 is 23.2 Å². The number of halogens is 2. The molecule has 2 aromatic rings. The molecule has 1 N–H and O–H groups in total. The summed E-state index contributed by atoms with van der Waals surface area (Å²) in [6.45, 7) is 6.19. The summed E-state index contributed by atoms with van der Waals surface area (Å²) in [6.07, 6.45) is 2.04. The number of hydrogen-bond acceptors (Lipinski definition) is 4. The van der Waals surface area contributed by atoms with Crippen LogP contribution in [-0.2, 0) is 6.42 Å². The Bertz CT molecular complexity index is 705. The van der Waals surface area contributed by atoms with Gasteiger partial charge in [-0.1, -0.05) is 29.3 Å². The van der Waals surface area contributed by atoms with E-state index in [0.29, 0.717) is 28.7 Å². The number of nitrogens with one attached hydrogen (secondary N) is 1. The van der Waals surface area contributed by atoms with E-state index in [9.17, 15) is 4.79 Å². The molecule has 7 heteroatoms. The van der Waals surface area contributed by atoms with Gasteiger partial charge in [-0.3, -0.25) is 4.79 Å². The van der Waals surface area contributed by atoms with Gasteiger partial charge in [0.2, 0.25) is 0 Å². The summed E-state index contributed by atoms with van der Waals surface area (Å²) in [6, 6.07) is 7.05. The maximum absolute atomic E-state index is 12.3. The van der Waals surface area contributed by atoms with E-state index in [1.165, 1.54) is 6.33 Å². The van der Waals surface area contributed by atoms with Gasteiger partial charge in [0.1, 0.15) is 17.8 Å². The molecule has 0 saturated carbocycles. The quantitative estimate of drug-likeness (QED) is 0.812. The number of amides is 1. The van der Waals surface area contributed by atoms with Gasteiger partial charge in [0.15, 0.2) is 0 Å². The zero-order valence-electron chi connectivity index (χ0n) is 13.7. The first kappa shape index (κ1) is 18.5. The Morgan fingerprint density at radius 2 is 1.92 bits per heavy atom. The van der Waals surface area contributed by atoms with E-state index in [0.717, 1.165) is 24.5 Å². The van der Waals surface area contributed by atoms with E-state index >= 15 is 0 Å². The van der Waals surface area contributed by atoms with Crippen LogP contribution in [0, 0.1) is 0 Å². The fourth-order valence-corrected chi connectivity index (χ4v) is 2.82. The van der Waals surface area contributed by atoms with Crippen molar-refractivity contribution in [2.45, 2.75) is 20.3 Å². The number of aromatic nitrogens is 2. The Kier molecular flexibility index (Phi) is 6.82. The molecular formula is C17H20Cl2N4O. The predicted octanol–water partition coefficient (Wildman–Crippen LogP) is 3.60. The molecule has 0 fully saturated rings. The van der Waals surface area contributed by atoms with E-state index in [4.69, 9.17) is 23.2 Å². The van der Waals surface area contributed by atoms with Crippen LogP contribution in [0.2, 0.25) is 10.0 Å². The largest absolute Gasteiger partial charge is 0.357 e. The minimum atomic E-state index is -0.226. The van der Waals surface area contributed by atoms with E-state index in [1.807, 2.05) is 19.9 Å². The van der Waals surface area contributed by atoms with Crippen molar-refractivity contribution in [1.29, 1.82) is 0 Å². The first-order chi connectivity index (χ1) is 11.5. The highest BCUT2D eigenvalue weighted by Gasteiger charge is 2.11. The smallest absolute Gasteiger partial charge is 0.270 e. The van der Waals surface area contributed by atoms with Crippen molar-refractivity contribution in [3.05, 3.63) is 51.9 Å². The lowest BCUT2D eigenvalue weighted by molar-refractivity contribution is 0.0949. The molecule has 0 atom stereocenters. The van der Waals surface area contributed by atoms with Crippen LogP contribution in [0.4, 0.5) is 5.82 Å². The van der Waals surface area contributed by atoms with Crippen LogP contribution < -0.4 is 10.2 Å². The molecule has 0 spiro atoms. The number of benzene rings is 1. The molecule has 0 saturated heterocycles. The molecule has 0 aliphatic heterocycles. The molecule has 1 heterocycles. The molecule has 0 bridgehead atoms. The molecule has 0 radical (unpaired) electrons. The summed E-state index contributed by atoms with van der Waals surface area (Å²) < 4.78 is 0. The van der Waals surface area contributed by atoms with Crippen LogP contribution in [0.3, 0.4) is 0 Å². The highest BCUT2D eigenvalue weighted by molar-refractivity contribution is 6.35. The molecule has 0 unspecified atom stereocenters. The van der Waals surface area contributed by atoms with Crippen molar-refractivity contribution in [3.8, 4) is 0 Å². The third kappa shape index (κ3) is 4.82. The molecule has 0 aliphatic carbocycles. The van der Waals surface area contributed by atoms with Gasteiger partial charge in [0, 0.05) is 35.7 Å². The maximum atomic E-state index is 12.3. The Hall–Kier alpha value is -1.85. The van der Waals surface area contributed by atoms with E-state index in [2.05, 4.69) is 20.2 Å². The maximum Gasteiger partial charge on any atom is 0.270 e. The molecule has 1 aromatic heterocycles. The lowest BCUT2D eigenvalue weighted by Gasteiger charge is -2.19. The monoisotopic (exact) mass is 366 g/mol. The third-order valence-corrected chi connectivity index (χ3v) is 4.25. The van der Waals surface area contributed by atoms with Crippen LogP contribution in [0.5, 0.6) is 0 Å². The average Bonchev–Trinajstić information content (AvgIpc) is 2.58. The van der Waals surface area contributed by atoms with Crippen molar-refractivity contribution < 1.29 is 4.79 Å². The standard InChI is InChI=1S/C17H20Cl2N4O/c1-3-23(4-2)16-10-15(21-11-22-16)17(24)20-8-7-12-5-6-13(18)9-14(12)19/h5-6,9-11H,3-4,7-8H2,1-2H3,(H,20,24). The zero-order valence-corrected chi connectivity index (χ0v) is 15.2. The van der Waals surface area contributed by atoms with Crippen molar-refractivity contribution in [3.63, 3.8) is 0 Å². The Morgan fingerprint density at radius 3 is 2.58 bits per heavy atom. The highest BCUT2D eigenvalue weighted by atomic mass is 35.5. The topological polar surface area (TPSA) is 58.1 Å². The predicted molar refractivity (Wildman–Crippen MR) is 98.1 cm³/mol. The van der Waals surface area contributed by atoms with E-state index in [-0.39, 0.29) is 5.91 Å². The highest BCUT2D eigenvalue weighted by Crippen LogP contribution is 2.21. The fourth-order valence-electron chi connectivity index (χ4n) is 2.32. The first-order valence-corrected chi connectivity index (χ1v) is 8.59. The van der Waals surface area contributed by atoms with Gasteiger partial charge in [0.05, 0.1) is 0 Å². The van der Waals surface area contributed by atoms with Crippen molar-refractivity contribution >= 4 is 34.9 Å². The second-order valence-electron chi connectivity index (χ2n) is 5.18. The van der Waals surface area contributed by atoms with Crippen molar-refractivity contribution in [2.24, 2.45) is 0 Å². The van der Waals surface area contributed by atoms with Gasteiger partial charge in [-0.05, 0) is 38.0 Å². The SMILES string of the molecule is CCN(CC)c1cc(C(=O)NCCc2ccc(Cl)cc2Cl)ncn1. The summed E-state index contributed by atoms with van der Waals surface area (Å²) in [5, 5.41) is 4.05. The third-order valence-electron chi connectivity index (χ3n) is 3.67. The van der Waals surface area contributed by atoms with Gasteiger partial charge < -0.3 is 10.2 Å². The van der Waals surface area contributed by atoms with Crippen LogP contribution in [-0.4, -0.2) is 35.5 Å². The molecular weight excluding hydrogens is 347 g/mol. The summed E-state index contributed by atoms with van der Waals surface area (Å²) in [7, 11) is 0. The Labute approximate surface area is 152 Å². The summed E-state index contributed by atoms with van der Waals surface area (Å²) in [5.74, 6) is 0.525. The van der Waals surface area contributed by atoms with Gasteiger partial charge >= 0.3 is 0 Å². The van der Waals surface area contributed by atoms with Crippen LogP contribution in [0.15, 0.2) is 30.6 Å². The second-order valence-corrected chi connectivity index (χ2v) is 6.02. The normalized spacial score (nSPS) is 10.5. The molecule has 128 valence electrons. The van der Waals surface area contributed by atoms with Gasteiger partial charge in [-0.15, -0.1) is 0 Å². The van der Waals surface area contributed by atoms with Gasteiger partial charge in [0.25, 0.3) is 5.91 Å². The van der Waals surface area contributed by atoms with E-state index in [1.54, 1.807) is 18.2 Å². The zero-order chi connectivity index (χ0) is 17.5. The van der Waals surface area contributed by atoms with Gasteiger partial charge in [-0.2, -0.15) is 0 Å². The summed E-state index contributed by atoms with van der Waals surface area (Å²) in [5.41, 5.74) is 1.29. The lowest BCUT2D eigenvalue weighted by Crippen LogP contribution is -2.28. The van der Waals surface area contributed by atoms with Gasteiger partial charge in [-0.25, -0.2) is 9.97 Å². The number of hydrogen-bond donors (Lipinski definition) is 1. The van der Waals surface area contributed by atoms with Crippen molar-refractivity contribution in [1.82, 2.24) is 15.3 Å². The fraction of sp³-hybridized carbons (Fsp3) is 0.353. The van der Waals surface area contributed by atoms with Crippen LogP contribution in [0.25, 0.3) is 0 Å². The van der Waals surface area contributed by atoms with E-state index < -0.39 is 0 Å². The number of rotatable bonds is 7. The molecule has 24 heavy (non-hydrogen) atoms. The molecule has 5 nitrogen and oxygen atoms in total. The van der Waals surface area contributed by atoms with Crippen molar-refractivity contribution in [2.75, 3.05) is 24.5 Å². The average molecular weight is 367 g/mol. The number of nitrogens with zero attached hydrogens (tertiary/aromatic N) is 3. The lowest BCUT2D eigenvalue weighted by atomic mass is 10.1. The second kappa shape index (κ2) is 8.85. The van der Waals surface area contributed by atoms with Crippen LogP contribution in [0.1, 0.15) is 29.9 Å². The Balaban J connectivity index is 1.96. The number of carbonyl (C=O) groups is 1. The minimum absolute atomic E-state index is 0.226. The molecule has 1 aromatic carbocycles. The molecule has 0 aliphatic rings.